The Kier molecular flexibility index (Phi) is 6.94. The number of nitrogens with one attached hydrogen (secondary N) is 3. The smallest absolute Gasteiger partial charge is 0.196 e. The highest BCUT2D eigenvalue weighted by molar-refractivity contribution is 6.04. The average molecular weight is 422 g/mol. The van der Waals surface area contributed by atoms with Crippen molar-refractivity contribution in [2.24, 2.45) is 4.99 Å². The van der Waals surface area contributed by atoms with Gasteiger partial charge in [0, 0.05) is 29.7 Å². The summed E-state index contributed by atoms with van der Waals surface area (Å²) in [6, 6.07) is 13.9. The average Bonchev–Trinajstić information content (AvgIpc) is 3.30. The van der Waals surface area contributed by atoms with Crippen molar-refractivity contribution in [2.45, 2.75) is 26.1 Å². The van der Waals surface area contributed by atoms with Crippen LogP contribution in [-0.2, 0) is 0 Å². The largest absolute Gasteiger partial charge is 0.496 e. The van der Waals surface area contributed by atoms with Gasteiger partial charge in [-0.15, -0.1) is 0 Å². The van der Waals surface area contributed by atoms with Gasteiger partial charge < -0.3 is 25.4 Å². The summed E-state index contributed by atoms with van der Waals surface area (Å²) >= 11 is 0. The third kappa shape index (κ3) is 5.70. The van der Waals surface area contributed by atoms with E-state index < -0.39 is 0 Å². The molecule has 0 bridgehead atoms. The van der Waals surface area contributed by atoms with Crippen LogP contribution in [0.15, 0.2) is 59.7 Å². The van der Waals surface area contributed by atoms with Gasteiger partial charge in [0.15, 0.2) is 6.29 Å². The van der Waals surface area contributed by atoms with Crippen molar-refractivity contribution in [3.63, 3.8) is 0 Å². The lowest BCUT2D eigenvalue weighted by atomic mass is 10.2. The maximum absolute atomic E-state index is 5.88. The molecule has 0 amide bonds. The molecule has 7 nitrogen and oxygen atoms in total. The number of methoxy groups -OCH3 is 1. The van der Waals surface area contributed by atoms with Crippen molar-refractivity contribution in [3.05, 3.63) is 60.3 Å². The number of ether oxygens (including phenoxy) is 2. The molecule has 0 radical (unpaired) electrons. The molecule has 1 unspecified atom stereocenters. The summed E-state index contributed by atoms with van der Waals surface area (Å²) in [5.74, 6) is 2.51. The fourth-order valence-electron chi connectivity index (χ4n) is 3.80. The molecule has 4 rings (SSSR count). The highest BCUT2D eigenvalue weighted by Crippen LogP contribution is 2.25. The second-order valence-electron chi connectivity index (χ2n) is 7.74. The van der Waals surface area contributed by atoms with E-state index >= 15 is 0 Å². The van der Waals surface area contributed by atoms with E-state index in [9.17, 15) is 0 Å². The lowest BCUT2D eigenvalue weighted by molar-refractivity contribution is 0.238. The number of anilines is 2. The van der Waals surface area contributed by atoms with Crippen LogP contribution in [0.3, 0.4) is 0 Å². The van der Waals surface area contributed by atoms with E-state index in [1.807, 2.05) is 61.7 Å². The quantitative estimate of drug-likeness (QED) is 0.602. The third-order valence-electron chi connectivity index (χ3n) is 5.56. The topological polar surface area (TPSA) is 70.1 Å². The van der Waals surface area contributed by atoms with Gasteiger partial charge in [0.2, 0.25) is 0 Å². The summed E-state index contributed by atoms with van der Waals surface area (Å²) in [4.78, 5) is 7.16. The number of rotatable bonds is 8. The fraction of sp³-hybridized carbons (Fsp3) is 0.375. The number of aliphatic imine (C=N–C) groups is 1. The van der Waals surface area contributed by atoms with Crippen molar-refractivity contribution in [2.75, 3.05) is 44.0 Å². The molecule has 0 spiro atoms. The molecule has 2 aromatic rings. The molecule has 164 valence electrons. The molecular weight excluding hydrogens is 390 g/mol. The van der Waals surface area contributed by atoms with E-state index in [1.54, 1.807) is 7.11 Å². The van der Waals surface area contributed by atoms with Crippen LogP contribution in [0.4, 0.5) is 11.4 Å². The molecule has 7 heteroatoms. The van der Waals surface area contributed by atoms with Crippen molar-refractivity contribution < 1.29 is 9.47 Å². The maximum atomic E-state index is 5.88. The van der Waals surface area contributed by atoms with E-state index in [4.69, 9.17) is 14.5 Å². The van der Waals surface area contributed by atoms with Crippen molar-refractivity contribution in [1.82, 2.24) is 10.2 Å². The van der Waals surface area contributed by atoms with Crippen LogP contribution in [0.2, 0.25) is 0 Å². The molecule has 1 fully saturated rings. The Bertz CT molecular complexity index is 920. The van der Waals surface area contributed by atoms with Gasteiger partial charge in [0.25, 0.3) is 0 Å². The van der Waals surface area contributed by atoms with E-state index in [-0.39, 0.29) is 6.29 Å². The van der Waals surface area contributed by atoms with Gasteiger partial charge in [-0.3, -0.25) is 4.90 Å². The van der Waals surface area contributed by atoms with Gasteiger partial charge in [0.1, 0.15) is 23.9 Å². The third-order valence-corrected chi connectivity index (χ3v) is 5.56. The molecule has 2 aliphatic rings. The first-order chi connectivity index (χ1) is 15.2. The van der Waals surface area contributed by atoms with E-state index in [1.165, 1.54) is 25.9 Å². The second kappa shape index (κ2) is 10.2. The van der Waals surface area contributed by atoms with Crippen LogP contribution >= 0.6 is 0 Å². The molecular formula is C24H31N5O2. The van der Waals surface area contributed by atoms with Crippen LogP contribution < -0.4 is 25.4 Å². The van der Waals surface area contributed by atoms with Crippen LogP contribution in [-0.4, -0.2) is 50.4 Å². The van der Waals surface area contributed by atoms with Crippen molar-refractivity contribution in [3.8, 4) is 11.5 Å². The van der Waals surface area contributed by atoms with E-state index in [0.717, 1.165) is 47.4 Å². The molecule has 0 aromatic heterocycles. The number of nitrogens with zero attached hydrogens (tertiary/aromatic N) is 2. The summed E-state index contributed by atoms with van der Waals surface area (Å²) in [7, 11) is 1.68. The molecule has 1 atom stereocenters. The molecule has 3 N–H and O–H groups in total. The van der Waals surface area contributed by atoms with Crippen LogP contribution in [0.1, 0.15) is 18.4 Å². The number of hydrogen-bond acceptors (Lipinski definition) is 7. The molecule has 2 aromatic carbocycles. The second-order valence-corrected chi connectivity index (χ2v) is 7.74. The van der Waals surface area contributed by atoms with Gasteiger partial charge in [-0.2, -0.15) is 0 Å². The zero-order valence-corrected chi connectivity index (χ0v) is 18.2. The first kappa shape index (κ1) is 21.1. The minimum Gasteiger partial charge on any atom is -0.496 e. The number of amidine groups is 1. The Morgan fingerprint density at radius 2 is 1.94 bits per heavy atom. The van der Waals surface area contributed by atoms with Crippen molar-refractivity contribution >= 4 is 17.2 Å². The summed E-state index contributed by atoms with van der Waals surface area (Å²) in [6.07, 6.45) is 6.15. The van der Waals surface area contributed by atoms with Crippen LogP contribution in [0.25, 0.3) is 0 Å². The van der Waals surface area contributed by atoms with Gasteiger partial charge in [-0.1, -0.05) is 6.07 Å². The Hall–Kier alpha value is -3.19. The first-order valence-electron chi connectivity index (χ1n) is 10.8. The van der Waals surface area contributed by atoms with Crippen LogP contribution in [0.5, 0.6) is 11.5 Å². The maximum Gasteiger partial charge on any atom is 0.196 e. The Morgan fingerprint density at radius 1 is 1.13 bits per heavy atom. The highest BCUT2D eigenvalue weighted by atomic mass is 16.5. The Balaban J connectivity index is 1.30. The molecule has 31 heavy (non-hydrogen) atoms. The lowest BCUT2D eigenvalue weighted by Crippen LogP contribution is -2.35. The van der Waals surface area contributed by atoms with E-state index in [2.05, 4.69) is 20.9 Å². The monoisotopic (exact) mass is 421 g/mol. The van der Waals surface area contributed by atoms with E-state index in [0.29, 0.717) is 0 Å². The predicted molar refractivity (Wildman–Crippen MR) is 126 cm³/mol. The molecule has 2 heterocycles. The minimum atomic E-state index is -0.264. The fourth-order valence-corrected chi connectivity index (χ4v) is 3.80. The zero-order valence-electron chi connectivity index (χ0n) is 18.2. The predicted octanol–water partition coefficient (Wildman–Crippen LogP) is 3.80. The number of hydrogen-bond donors (Lipinski definition) is 3. The lowest BCUT2D eigenvalue weighted by Gasteiger charge is -2.22. The molecule has 1 saturated heterocycles. The zero-order chi connectivity index (χ0) is 21.5. The molecule has 0 saturated carbocycles. The number of benzene rings is 2. The summed E-state index contributed by atoms with van der Waals surface area (Å²) in [5, 5.41) is 9.98. The standard InChI is InChI=1S/C24H31N5O2/c1-18-21(6-5-7-22(18)30-2)27-23-12-13-25-24(28-23)26-19-8-10-20(11-9-19)31-17-16-29-14-3-4-15-29/h5-13,24-26H,3-4,14-17H2,1-2H3,(H,27,28). The van der Waals surface area contributed by atoms with Gasteiger partial charge in [-0.05, 0) is 75.3 Å². The van der Waals surface area contributed by atoms with Gasteiger partial charge >= 0.3 is 0 Å². The highest BCUT2D eigenvalue weighted by Gasteiger charge is 2.13. The summed E-state index contributed by atoms with van der Waals surface area (Å²) in [5.41, 5.74) is 2.99. The summed E-state index contributed by atoms with van der Waals surface area (Å²) in [6.45, 7) is 6.14. The summed E-state index contributed by atoms with van der Waals surface area (Å²) < 4.78 is 11.3. The van der Waals surface area contributed by atoms with Gasteiger partial charge in [0.05, 0.1) is 7.11 Å². The van der Waals surface area contributed by atoms with Crippen molar-refractivity contribution in [1.29, 1.82) is 0 Å². The normalized spacial score (nSPS) is 18.3. The minimum absolute atomic E-state index is 0.264. The molecule has 2 aliphatic heterocycles. The Morgan fingerprint density at radius 3 is 2.71 bits per heavy atom. The Labute approximate surface area is 184 Å². The number of likely N-dealkylation sites (tertiary alicyclic amines) is 1. The first-order valence-corrected chi connectivity index (χ1v) is 10.8. The van der Waals surface area contributed by atoms with Gasteiger partial charge in [-0.25, -0.2) is 4.99 Å². The SMILES string of the molecule is COc1cccc(NC2=NC(Nc3ccc(OCCN4CCCC4)cc3)NC=C2)c1C. The van der Waals surface area contributed by atoms with Crippen LogP contribution in [0, 0.1) is 6.92 Å². The molecule has 0 aliphatic carbocycles.